The molecule has 0 aliphatic heterocycles. The third-order valence-electron chi connectivity index (χ3n) is 5.13. The quantitative estimate of drug-likeness (QED) is 0.541. The van der Waals surface area contributed by atoms with Crippen LogP contribution in [0.1, 0.15) is 32.1 Å². The third kappa shape index (κ3) is 5.14. The van der Waals surface area contributed by atoms with E-state index in [1.807, 2.05) is 11.4 Å². The number of rotatable bonds is 8. The van der Waals surface area contributed by atoms with E-state index in [0.29, 0.717) is 5.54 Å². The lowest BCUT2D eigenvalue weighted by molar-refractivity contribution is 0.344. The Labute approximate surface area is 157 Å². The average Bonchev–Trinajstić information content (AvgIpc) is 2.62. The fourth-order valence-corrected chi connectivity index (χ4v) is 15.6. The van der Waals surface area contributed by atoms with Gasteiger partial charge in [0.15, 0.2) is 16.6 Å². The maximum atomic E-state index is 7.06. The normalized spacial score (nSPS) is 17.3. The molecule has 1 aromatic carbocycles. The Morgan fingerprint density at radius 1 is 0.840 bits per heavy atom. The zero-order valence-electron chi connectivity index (χ0n) is 16.4. The predicted molar refractivity (Wildman–Crippen MR) is 116 cm³/mol. The summed E-state index contributed by atoms with van der Waals surface area (Å²) in [6, 6.07) is 10.8. The fraction of sp³-hybridized carbons (Fsp3) is 0.500. The van der Waals surface area contributed by atoms with Crippen molar-refractivity contribution in [1.29, 1.82) is 0 Å². The van der Waals surface area contributed by atoms with Crippen molar-refractivity contribution in [3.05, 3.63) is 54.9 Å². The van der Waals surface area contributed by atoms with E-state index in [-0.39, 0.29) is 0 Å². The lowest BCUT2D eigenvalue weighted by atomic mass is 10.0. The second-order valence-corrected chi connectivity index (χ2v) is 19.8. The highest BCUT2D eigenvalue weighted by atomic mass is 28.5. The van der Waals surface area contributed by atoms with Crippen LogP contribution < -0.4 is 5.19 Å². The highest BCUT2D eigenvalue weighted by Crippen LogP contribution is 2.41. The molecule has 138 valence electrons. The van der Waals surface area contributed by atoms with Crippen molar-refractivity contribution >= 4 is 30.4 Å². The van der Waals surface area contributed by atoms with Crippen molar-refractivity contribution < 1.29 is 8.23 Å². The van der Waals surface area contributed by atoms with E-state index < -0.39 is 25.2 Å². The fourth-order valence-electron chi connectivity index (χ4n) is 3.56. The molecule has 0 saturated heterocycles. The molecule has 25 heavy (non-hydrogen) atoms. The molecule has 0 N–H and O–H groups in total. The molecule has 5 heteroatoms. The molecule has 0 amide bonds. The molecular weight excluding hydrogens is 356 g/mol. The summed E-state index contributed by atoms with van der Waals surface area (Å²) in [4.78, 5) is 0. The number of benzene rings is 1. The van der Waals surface area contributed by atoms with Gasteiger partial charge in [0.05, 0.1) is 0 Å². The molecule has 0 aromatic heterocycles. The van der Waals surface area contributed by atoms with Crippen molar-refractivity contribution in [3.63, 3.8) is 0 Å². The van der Waals surface area contributed by atoms with Crippen LogP contribution in [-0.4, -0.2) is 25.2 Å². The van der Waals surface area contributed by atoms with Crippen molar-refractivity contribution in [1.82, 2.24) is 0 Å². The average molecular weight is 391 g/mol. The minimum atomic E-state index is -2.60. The second-order valence-electron chi connectivity index (χ2n) is 8.19. The largest absolute Gasteiger partial charge is 0.429 e. The van der Waals surface area contributed by atoms with E-state index in [9.17, 15) is 0 Å². The van der Waals surface area contributed by atoms with Crippen LogP contribution in [0.25, 0.3) is 0 Å². The molecule has 0 heterocycles. The molecule has 2 nitrogen and oxygen atoms in total. The highest BCUT2D eigenvalue weighted by molar-refractivity contribution is 6.97. The summed E-state index contributed by atoms with van der Waals surface area (Å²) in [6.07, 6.45) is 6.32. The lowest BCUT2D eigenvalue weighted by Crippen LogP contribution is -2.65. The van der Waals surface area contributed by atoms with E-state index >= 15 is 0 Å². The Morgan fingerprint density at radius 2 is 1.32 bits per heavy atom. The van der Waals surface area contributed by atoms with Crippen LogP contribution in [0.15, 0.2) is 54.9 Å². The van der Waals surface area contributed by atoms with Gasteiger partial charge in [0.2, 0.25) is 0 Å². The summed E-state index contributed by atoms with van der Waals surface area (Å²) in [5.41, 5.74) is 4.61. The van der Waals surface area contributed by atoms with E-state index in [2.05, 4.69) is 69.7 Å². The predicted octanol–water partition coefficient (Wildman–Crippen LogP) is 5.56. The van der Waals surface area contributed by atoms with Gasteiger partial charge < -0.3 is 8.23 Å². The minimum absolute atomic E-state index is 0.516. The van der Waals surface area contributed by atoms with E-state index in [4.69, 9.17) is 8.23 Å². The topological polar surface area (TPSA) is 18.5 Å². The first-order chi connectivity index (χ1) is 11.7. The van der Waals surface area contributed by atoms with Gasteiger partial charge in [0.25, 0.3) is 0 Å². The van der Waals surface area contributed by atoms with Crippen LogP contribution >= 0.6 is 0 Å². The van der Waals surface area contributed by atoms with E-state index in [1.54, 1.807) is 0 Å². The van der Waals surface area contributed by atoms with Crippen LogP contribution in [0.4, 0.5) is 0 Å². The first kappa shape index (κ1) is 20.6. The van der Waals surface area contributed by atoms with Gasteiger partial charge in [-0.05, 0) is 44.2 Å². The van der Waals surface area contributed by atoms with Crippen LogP contribution in [0.3, 0.4) is 0 Å². The number of hydrogen-bond donors (Lipinski definition) is 0. The molecule has 0 spiro atoms. The van der Waals surface area contributed by atoms with Gasteiger partial charge in [-0.3, -0.25) is 0 Å². The summed E-state index contributed by atoms with van der Waals surface area (Å²) in [6.45, 7) is 17.1. The summed E-state index contributed by atoms with van der Waals surface area (Å²) >= 11 is 0. The molecule has 1 aliphatic rings. The van der Waals surface area contributed by atoms with E-state index in [1.165, 1.54) is 37.3 Å². The van der Waals surface area contributed by atoms with Gasteiger partial charge in [0, 0.05) is 5.54 Å². The van der Waals surface area contributed by atoms with Crippen LogP contribution in [0, 0.1) is 0 Å². The monoisotopic (exact) mass is 390 g/mol. The molecular formula is C20H34O2Si3. The second kappa shape index (κ2) is 8.31. The van der Waals surface area contributed by atoms with Gasteiger partial charge in [-0.2, -0.15) is 0 Å². The van der Waals surface area contributed by atoms with Gasteiger partial charge in [0.1, 0.15) is 0 Å². The molecule has 0 atom stereocenters. The summed E-state index contributed by atoms with van der Waals surface area (Å²) in [5, 5.41) is 1.28. The van der Waals surface area contributed by atoms with Gasteiger partial charge in [-0.15, -0.1) is 13.2 Å². The molecule has 0 radical (unpaired) electrons. The molecule has 1 fully saturated rings. The number of hydrogen-bond acceptors (Lipinski definition) is 2. The summed E-state index contributed by atoms with van der Waals surface area (Å²) in [5.74, 6) is 0. The Balaban J connectivity index is 2.58. The molecule has 1 aliphatic carbocycles. The van der Waals surface area contributed by atoms with Crippen LogP contribution in [0.5, 0.6) is 0 Å². The van der Waals surface area contributed by atoms with Gasteiger partial charge >= 0.3 is 8.56 Å². The minimum Gasteiger partial charge on any atom is -0.429 e. The molecule has 2 rings (SSSR count). The Kier molecular flexibility index (Phi) is 6.84. The lowest BCUT2D eigenvalue weighted by Gasteiger charge is -2.46. The maximum absolute atomic E-state index is 7.06. The highest BCUT2D eigenvalue weighted by Gasteiger charge is 2.53. The van der Waals surface area contributed by atoms with Crippen molar-refractivity contribution in [3.8, 4) is 0 Å². The molecule has 0 bridgehead atoms. The standard InChI is InChI=1S/C20H34O2Si3/c1-7-23(3,4)21-25(22-24(5,6)8-2,19-15-11-9-12-16-19)20-17-13-10-14-18-20/h7-9,11-12,15-16,20H,1-2,10,13-14,17-18H2,3-6H3. The molecule has 1 saturated carbocycles. The van der Waals surface area contributed by atoms with Crippen LogP contribution in [-0.2, 0) is 8.23 Å². The van der Waals surface area contributed by atoms with Gasteiger partial charge in [-0.25, -0.2) is 0 Å². The first-order valence-electron chi connectivity index (χ1n) is 9.48. The Morgan fingerprint density at radius 3 is 1.76 bits per heavy atom. The maximum Gasteiger partial charge on any atom is 0.355 e. The first-order valence-corrected chi connectivity index (χ1v) is 17.3. The van der Waals surface area contributed by atoms with Gasteiger partial charge in [-0.1, -0.05) is 61.0 Å². The molecule has 1 aromatic rings. The zero-order valence-corrected chi connectivity index (χ0v) is 19.4. The summed E-state index contributed by atoms with van der Waals surface area (Å²) < 4.78 is 14.1. The Hall–Kier alpha value is -0.729. The van der Waals surface area contributed by atoms with Crippen molar-refractivity contribution in [2.24, 2.45) is 0 Å². The van der Waals surface area contributed by atoms with Crippen molar-refractivity contribution in [2.45, 2.75) is 63.8 Å². The molecule has 0 unspecified atom stereocenters. The zero-order chi connectivity index (χ0) is 18.6. The van der Waals surface area contributed by atoms with Crippen LogP contribution in [0.2, 0.25) is 31.7 Å². The summed E-state index contributed by atoms with van der Waals surface area (Å²) in [7, 11) is -6.61. The van der Waals surface area contributed by atoms with Crippen molar-refractivity contribution in [2.75, 3.05) is 0 Å². The third-order valence-corrected chi connectivity index (χ3v) is 16.5. The smallest absolute Gasteiger partial charge is 0.355 e. The van der Waals surface area contributed by atoms with E-state index in [0.717, 1.165) is 0 Å². The SMILES string of the molecule is C=C[Si](C)(C)O[Si](O[Si](C)(C)C=C)(c1ccccc1)C1CCCCC1. The Bertz CT molecular complexity index is 556.